The summed E-state index contributed by atoms with van der Waals surface area (Å²) in [5.74, 6) is 13.9. The fourth-order valence-corrected chi connectivity index (χ4v) is 2.75. The Kier molecular flexibility index (Phi) is 9.46. The Bertz CT molecular complexity index is 592. The third kappa shape index (κ3) is 6.82. The average molecular weight is 401 g/mol. The van der Waals surface area contributed by atoms with E-state index in [-0.39, 0.29) is 18.8 Å². The van der Waals surface area contributed by atoms with Crippen molar-refractivity contribution in [1.29, 1.82) is 0 Å². The summed E-state index contributed by atoms with van der Waals surface area (Å²) in [6.45, 7) is 0.177. The normalized spacial score (nSPS) is 28.9. The first-order valence-electron chi connectivity index (χ1n) is 8.49. The number of hydrogen-bond acceptors (Lipinski definition) is 12. The maximum absolute atomic E-state index is 10.1. The highest BCUT2D eigenvalue weighted by molar-refractivity contribution is 5.06. The number of rotatable bonds is 9. The summed E-state index contributed by atoms with van der Waals surface area (Å²) in [4.78, 5) is 1.75. The SMILES string of the molecule is C#CCN(C/C(N)=C/N(C)N)C/C(N)=C/N(N)[C@H]1OC(CO)[C@@H](O)C(O)C1O. The number of aliphatic hydroxyl groups excluding tert-OH is 4. The van der Waals surface area contributed by atoms with Crippen LogP contribution in [0, 0.1) is 12.3 Å². The van der Waals surface area contributed by atoms with Crippen LogP contribution < -0.4 is 23.2 Å². The molecule has 12 N–H and O–H groups in total. The van der Waals surface area contributed by atoms with Gasteiger partial charge in [-0.15, -0.1) is 6.42 Å². The lowest BCUT2D eigenvalue weighted by Crippen LogP contribution is -2.63. The highest BCUT2D eigenvalue weighted by Gasteiger charge is 2.44. The molecule has 0 bridgehead atoms. The molecule has 0 aliphatic carbocycles. The lowest BCUT2D eigenvalue weighted by atomic mass is 9.98. The fourth-order valence-electron chi connectivity index (χ4n) is 2.75. The molecule has 0 aromatic carbocycles. The number of ether oxygens (including phenoxy) is 1. The van der Waals surface area contributed by atoms with Gasteiger partial charge in [-0.05, 0) is 0 Å². The van der Waals surface area contributed by atoms with E-state index >= 15 is 0 Å². The molecule has 1 saturated heterocycles. The maximum atomic E-state index is 10.1. The molecule has 0 radical (unpaired) electrons. The topological polar surface area (TPSA) is 204 Å². The summed E-state index contributed by atoms with van der Waals surface area (Å²) < 4.78 is 5.35. The summed E-state index contributed by atoms with van der Waals surface area (Å²) in [5, 5.41) is 41.3. The Morgan fingerprint density at radius 2 is 1.64 bits per heavy atom. The molecule has 28 heavy (non-hydrogen) atoms. The molecular weight excluding hydrogens is 370 g/mol. The van der Waals surface area contributed by atoms with Crippen LogP contribution in [0.2, 0.25) is 0 Å². The first-order valence-corrected chi connectivity index (χ1v) is 8.49. The van der Waals surface area contributed by atoms with E-state index in [0.29, 0.717) is 12.2 Å². The number of terminal acetylenes is 1. The van der Waals surface area contributed by atoms with E-state index in [1.165, 1.54) is 17.4 Å². The summed E-state index contributed by atoms with van der Waals surface area (Å²) in [6.07, 6.45) is 1.34. The van der Waals surface area contributed by atoms with Gasteiger partial charge in [0, 0.05) is 43.9 Å². The third-order valence-corrected chi connectivity index (χ3v) is 3.97. The molecule has 1 rings (SSSR count). The molecule has 0 saturated carbocycles. The molecule has 5 atom stereocenters. The van der Waals surface area contributed by atoms with Gasteiger partial charge in [-0.25, -0.2) is 11.7 Å². The van der Waals surface area contributed by atoms with Gasteiger partial charge in [-0.3, -0.25) is 9.91 Å². The molecule has 1 aliphatic heterocycles. The van der Waals surface area contributed by atoms with Crippen molar-refractivity contribution in [3.63, 3.8) is 0 Å². The van der Waals surface area contributed by atoms with Crippen molar-refractivity contribution in [3.8, 4) is 12.3 Å². The molecule has 0 amide bonds. The Balaban J connectivity index is 2.82. The molecule has 160 valence electrons. The highest BCUT2D eigenvalue weighted by atomic mass is 16.6. The Morgan fingerprint density at radius 1 is 1.07 bits per heavy atom. The zero-order valence-electron chi connectivity index (χ0n) is 15.8. The van der Waals surface area contributed by atoms with Crippen molar-refractivity contribution in [2.45, 2.75) is 30.6 Å². The van der Waals surface area contributed by atoms with E-state index in [9.17, 15) is 20.4 Å². The molecule has 12 heteroatoms. The monoisotopic (exact) mass is 401 g/mol. The standard InChI is InChI=1S/C16H31N7O5/c1-3-4-22(6-10(17)5-21(2)19)7-11(18)8-23(20)16-15(27)14(26)13(25)12(9-24)28-16/h1,5,8,12-16,24-27H,4,6-7,9,17-20H2,2H3/b10-5-,11-8-/t12?,13-,14?,15?,16+/m1/s1. The quantitative estimate of drug-likeness (QED) is 0.104. The van der Waals surface area contributed by atoms with Gasteiger partial charge in [0.25, 0.3) is 0 Å². The molecule has 0 spiro atoms. The number of hydrogen-bond donors (Lipinski definition) is 8. The van der Waals surface area contributed by atoms with Gasteiger partial charge < -0.3 is 41.6 Å². The van der Waals surface area contributed by atoms with Crippen LogP contribution in [0.4, 0.5) is 0 Å². The molecular formula is C16H31N7O5. The Morgan fingerprint density at radius 3 is 2.14 bits per heavy atom. The van der Waals surface area contributed by atoms with E-state index in [4.69, 9.17) is 34.3 Å². The summed E-state index contributed by atoms with van der Waals surface area (Å²) in [7, 11) is 1.62. The van der Waals surface area contributed by atoms with Crippen LogP contribution in [-0.2, 0) is 4.74 Å². The molecule has 1 heterocycles. The minimum absolute atomic E-state index is 0.193. The van der Waals surface area contributed by atoms with Gasteiger partial charge in [-0.2, -0.15) is 0 Å². The largest absolute Gasteiger partial charge is 0.400 e. The molecule has 12 nitrogen and oxygen atoms in total. The van der Waals surface area contributed by atoms with Crippen LogP contribution in [0.15, 0.2) is 23.8 Å². The van der Waals surface area contributed by atoms with Gasteiger partial charge in [0.15, 0.2) is 6.23 Å². The molecule has 0 aromatic heterocycles. The number of aliphatic hydroxyl groups is 4. The van der Waals surface area contributed by atoms with Gasteiger partial charge >= 0.3 is 0 Å². The van der Waals surface area contributed by atoms with Crippen LogP contribution in [0.5, 0.6) is 0 Å². The van der Waals surface area contributed by atoms with E-state index in [2.05, 4.69) is 5.92 Å². The van der Waals surface area contributed by atoms with Crippen molar-refractivity contribution < 1.29 is 25.2 Å². The third-order valence-electron chi connectivity index (χ3n) is 3.97. The zero-order chi connectivity index (χ0) is 21.4. The van der Waals surface area contributed by atoms with Crippen LogP contribution in [0.3, 0.4) is 0 Å². The predicted molar refractivity (Wildman–Crippen MR) is 102 cm³/mol. The number of nitrogens with two attached hydrogens (primary N) is 4. The van der Waals surface area contributed by atoms with Crippen molar-refractivity contribution in [2.24, 2.45) is 23.2 Å². The smallest absolute Gasteiger partial charge is 0.172 e. The second-order valence-electron chi connectivity index (χ2n) is 6.59. The average Bonchev–Trinajstić information content (AvgIpc) is 2.59. The highest BCUT2D eigenvalue weighted by Crippen LogP contribution is 2.22. The minimum Gasteiger partial charge on any atom is -0.400 e. The first-order chi connectivity index (χ1) is 13.1. The lowest BCUT2D eigenvalue weighted by Gasteiger charge is -2.42. The van der Waals surface area contributed by atoms with E-state index in [1.807, 2.05) is 0 Å². The molecule has 0 aromatic rings. The van der Waals surface area contributed by atoms with Crippen LogP contribution in [0.25, 0.3) is 0 Å². The minimum atomic E-state index is -1.55. The van der Waals surface area contributed by atoms with Crippen molar-refractivity contribution in [3.05, 3.63) is 23.8 Å². The lowest BCUT2D eigenvalue weighted by molar-refractivity contribution is -0.259. The van der Waals surface area contributed by atoms with Crippen LogP contribution in [-0.4, -0.2) is 99.3 Å². The zero-order valence-corrected chi connectivity index (χ0v) is 15.8. The summed E-state index contributed by atoms with van der Waals surface area (Å²) >= 11 is 0. The summed E-state index contributed by atoms with van der Waals surface area (Å²) in [5.41, 5.74) is 12.6. The fraction of sp³-hybridized carbons (Fsp3) is 0.625. The number of hydrazine groups is 2. The van der Waals surface area contributed by atoms with Crippen LogP contribution in [0.1, 0.15) is 0 Å². The second kappa shape index (κ2) is 11.1. The molecule has 3 unspecified atom stereocenters. The van der Waals surface area contributed by atoms with Gasteiger partial charge in [0.05, 0.1) is 13.2 Å². The van der Waals surface area contributed by atoms with Gasteiger partial charge in [-0.1, -0.05) is 5.92 Å². The van der Waals surface area contributed by atoms with Crippen molar-refractivity contribution >= 4 is 0 Å². The van der Waals surface area contributed by atoms with Crippen molar-refractivity contribution in [2.75, 3.05) is 33.3 Å². The van der Waals surface area contributed by atoms with E-state index in [1.54, 1.807) is 11.9 Å². The number of nitrogens with zero attached hydrogens (tertiary/aromatic N) is 3. The van der Waals surface area contributed by atoms with Crippen molar-refractivity contribution in [1.82, 2.24) is 14.9 Å². The first kappa shape index (κ1) is 24.0. The Hall–Kier alpha value is -2.08. The van der Waals surface area contributed by atoms with Crippen LogP contribution >= 0.6 is 0 Å². The van der Waals surface area contributed by atoms with E-state index in [0.717, 1.165) is 5.01 Å². The predicted octanol–water partition coefficient (Wildman–Crippen LogP) is -4.70. The van der Waals surface area contributed by atoms with Gasteiger partial charge in [0.2, 0.25) is 0 Å². The molecule has 1 aliphatic rings. The van der Waals surface area contributed by atoms with E-state index < -0.39 is 37.3 Å². The van der Waals surface area contributed by atoms with Gasteiger partial charge in [0.1, 0.15) is 24.4 Å². The molecule has 1 fully saturated rings. The summed E-state index contributed by atoms with van der Waals surface area (Å²) in [6, 6.07) is 0. The Labute approximate surface area is 164 Å². The maximum Gasteiger partial charge on any atom is 0.172 e. The second-order valence-corrected chi connectivity index (χ2v) is 6.59.